The van der Waals surface area contributed by atoms with Crippen LogP contribution in [-0.2, 0) is 0 Å². The van der Waals surface area contributed by atoms with E-state index in [0.717, 1.165) is 17.9 Å². The molecule has 0 aliphatic heterocycles. The normalized spacial score (nSPS) is 12.2. The molecule has 0 heterocycles. The summed E-state index contributed by atoms with van der Waals surface area (Å²) >= 11 is 0. The Labute approximate surface area is 115 Å². The second-order valence-electron chi connectivity index (χ2n) is 4.57. The minimum absolute atomic E-state index is 0.325. The van der Waals surface area contributed by atoms with E-state index in [0.29, 0.717) is 6.04 Å². The van der Waals surface area contributed by atoms with Crippen molar-refractivity contribution in [1.82, 2.24) is 5.32 Å². The molecule has 100 valence electrons. The third-order valence-corrected chi connectivity index (χ3v) is 3.33. The highest BCUT2D eigenvalue weighted by molar-refractivity contribution is 5.73. The van der Waals surface area contributed by atoms with Gasteiger partial charge < -0.3 is 10.1 Å². The van der Waals surface area contributed by atoms with E-state index in [1.165, 1.54) is 11.1 Å². The zero-order valence-electron chi connectivity index (χ0n) is 11.8. The van der Waals surface area contributed by atoms with E-state index in [4.69, 9.17) is 4.74 Å². The highest BCUT2D eigenvalue weighted by atomic mass is 16.5. The summed E-state index contributed by atoms with van der Waals surface area (Å²) in [7, 11) is 1.72. The van der Waals surface area contributed by atoms with Crippen LogP contribution >= 0.6 is 0 Å². The molecule has 0 fully saturated rings. The highest BCUT2D eigenvalue weighted by Gasteiger charge is 2.13. The maximum atomic E-state index is 5.47. The van der Waals surface area contributed by atoms with Gasteiger partial charge in [-0.05, 0) is 30.7 Å². The second-order valence-corrected chi connectivity index (χ2v) is 4.57. The predicted octanol–water partition coefficient (Wildman–Crippen LogP) is 4.03. The van der Waals surface area contributed by atoms with Gasteiger partial charge in [0.15, 0.2) is 0 Å². The van der Waals surface area contributed by atoms with E-state index in [1.807, 2.05) is 18.2 Å². The Morgan fingerprint density at radius 1 is 1.00 bits per heavy atom. The lowest BCUT2D eigenvalue weighted by Gasteiger charge is -2.18. The summed E-state index contributed by atoms with van der Waals surface area (Å²) in [5.74, 6) is 0.915. The molecule has 2 aromatic carbocycles. The Hall–Kier alpha value is -1.80. The van der Waals surface area contributed by atoms with Gasteiger partial charge in [0, 0.05) is 11.6 Å². The first-order valence-corrected chi connectivity index (χ1v) is 6.73. The average Bonchev–Trinajstić information content (AvgIpc) is 2.47. The van der Waals surface area contributed by atoms with Crippen molar-refractivity contribution in [3.8, 4) is 16.9 Å². The zero-order chi connectivity index (χ0) is 13.7. The van der Waals surface area contributed by atoms with Crippen LogP contribution in [0.15, 0.2) is 48.5 Å². The van der Waals surface area contributed by atoms with Gasteiger partial charge in [-0.1, -0.05) is 49.4 Å². The summed E-state index contributed by atoms with van der Waals surface area (Å²) in [5, 5.41) is 3.47. The van der Waals surface area contributed by atoms with Crippen LogP contribution in [0.2, 0.25) is 0 Å². The van der Waals surface area contributed by atoms with E-state index in [9.17, 15) is 0 Å². The zero-order valence-corrected chi connectivity index (χ0v) is 11.8. The quantitative estimate of drug-likeness (QED) is 0.871. The van der Waals surface area contributed by atoms with Crippen molar-refractivity contribution < 1.29 is 4.74 Å². The van der Waals surface area contributed by atoms with Crippen molar-refractivity contribution in [3.63, 3.8) is 0 Å². The molecule has 0 amide bonds. The van der Waals surface area contributed by atoms with Crippen LogP contribution in [0.1, 0.15) is 25.5 Å². The summed E-state index contributed by atoms with van der Waals surface area (Å²) in [6, 6.07) is 17.0. The number of methoxy groups -OCH3 is 1. The Morgan fingerprint density at radius 2 is 1.63 bits per heavy atom. The molecule has 0 spiro atoms. The number of hydrogen-bond donors (Lipinski definition) is 1. The Morgan fingerprint density at radius 3 is 2.32 bits per heavy atom. The van der Waals surface area contributed by atoms with Crippen LogP contribution in [0, 0.1) is 0 Å². The minimum Gasteiger partial charge on any atom is -0.496 e. The fraction of sp³-hybridized carbons (Fsp3) is 0.294. The van der Waals surface area contributed by atoms with E-state index in [-0.39, 0.29) is 0 Å². The van der Waals surface area contributed by atoms with Gasteiger partial charge in [-0.3, -0.25) is 0 Å². The molecule has 1 atom stereocenters. The first kappa shape index (κ1) is 13.6. The van der Waals surface area contributed by atoms with Gasteiger partial charge in [0.25, 0.3) is 0 Å². The van der Waals surface area contributed by atoms with Crippen LogP contribution in [0.25, 0.3) is 11.1 Å². The van der Waals surface area contributed by atoms with E-state index in [1.54, 1.807) is 7.11 Å². The Kier molecular flexibility index (Phi) is 4.58. The van der Waals surface area contributed by atoms with Crippen LogP contribution in [0.3, 0.4) is 0 Å². The molecule has 0 saturated carbocycles. The lowest BCUT2D eigenvalue weighted by atomic mass is 9.95. The van der Waals surface area contributed by atoms with Crippen molar-refractivity contribution in [2.24, 2.45) is 0 Å². The fourth-order valence-corrected chi connectivity index (χ4v) is 2.40. The summed E-state index contributed by atoms with van der Waals surface area (Å²) in [6.45, 7) is 5.28. The number of nitrogens with one attached hydrogen (secondary N) is 1. The fourth-order valence-electron chi connectivity index (χ4n) is 2.40. The molecule has 0 aliphatic rings. The summed E-state index contributed by atoms with van der Waals surface area (Å²) in [4.78, 5) is 0. The van der Waals surface area contributed by atoms with E-state index < -0.39 is 0 Å². The molecule has 2 heteroatoms. The molecule has 0 bridgehead atoms. The standard InChI is InChI=1S/C17H21NO/c1-4-18-13(2)14-9-5-6-10-15(14)16-11-7-8-12-17(16)19-3/h5-13,18H,4H2,1-3H3. The van der Waals surface area contributed by atoms with Crippen molar-refractivity contribution in [1.29, 1.82) is 0 Å². The van der Waals surface area contributed by atoms with Gasteiger partial charge in [0.05, 0.1) is 7.11 Å². The predicted molar refractivity (Wildman–Crippen MR) is 80.5 cm³/mol. The van der Waals surface area contributed by atoms with Gasteiger partial charge in [-0.25, -0.2) is 0 Å². The van der Waals surface area contributed by atoms with Gasteiger partial charge in [-0.15, -0.1) is 0 Å². The molecule has 1 N–H and O–H groups in total. The van der Waals surface area contributed by atoms with Gasteiger partial charge >= 0.3 is 0 Å². The van der Waals surface area contributed by atoms with Gasteiger partial charge in [0.1, 0.15) is 5.75 Å². The molecule has 19 heavy (non-hydrogen) atoms. The molecule has 2 nitrogen and oxygen atoms in total. The number of rotatable bonds is 5. The summed E-state index contributed by atoms with van der Waals surface area (Å²) < 4.78 is 5.47. The molecule has 0 aliphatic carbocycles. The van der Waals surface area contributed by atoms with Crippen molar-refractivity contribution in [3.05, 3.63) is 54.1 Å². The molecule has 1 unspecified atom stereocenters. The SMILES string of the molecule is CCNC(C)c1ccccc1-c1ccccc1OC. The van der Waals surface area contributed by atoms with Crippen LogP contribution in [0.4, 0.5) is 0 Å². The van der Waals surface area contributed by atoms with Gasteiger partial charge in [-0.2, -0.15) is 0 Å². The topological polar surface area (TPSA) is 21.3 Å². The summed E-state index contributed by atoms with van der Waals surface area (Å²) in [6.07, 6.45) is 0. The van der Waals surface area contributed by atoms with Gasteiger partial charge in [0.2, 0.25) is 0 Å². The first-order valence-electron chi connectivity index (χ1n) is 6.73. The second kappa shape index (κ2) is 6.39. The van der Waals surface area contributed by atoms with Crippen molar-refractivity contribution in [2.75, 3.05) is 13.7 Å². The Balaban J connectivity index is 2.50. The number of para-hydroxylation sites is 1. The molecule has 0 radical (unpaired) electrons. The average molecular weight is 255 g/mol. The molecule has 2 aromatic rings. The molecule has 0 aromatic heterocycles. The maximum absolute atomic E-state index is 5.47. The number of ether oxygens (including phenoxy) is 1. The van der Waals surface area contributed by atoms with E-state index >= 15 is 0 Å². The molecule has 2 rings (SSSR count). The third kappa shape index (κ3) is 2.96. The van der Waals surface area contributed by atoms with E-state index in [2.05, 4.69) is 49.5 Å². The smallest absolute Gasteiger partial charge is 0.126 e. The number of hydrogen-bond acceptors (Lipinski definition) is 2. The maximum Gasteiger partial charge on any atom is 0.126 e. The van der Waals surface area contributed by atoms with Crippen LogP contribution in [-0.4, -0.2) is 13.7 Å². The lowest BCUT2D eigenvalue weighted by molar-refractivity contribution is 0.416. The molecule has 0 saturated heterocycles. The minimum atomic E-state index is 0.325. The Bertz CT molecular complexity index is 536. The number of benzene rings is 2. The first-order chi connectivity index (χ1) is 9.27. The van der Waals surface area contributed by atoms with Crippen LogP contribution < -0.4 is 10.1 Å². The monoisotopic (exact) mass is 255 g/mol. The lowest BCUT2D eigenvalue weighted by Crippen LogP contribution is -2.18. The highest BCUT2D eigenvalue weighted by Crippen LogP contribution is 2.34. The van der Waals surface area contributed by atoms with Crippen molar-refractivity contribution in [2.45, 2.75) is 19.9 Å². The third-order valence-electron chi connectivity index (χ3n) is 3.33. The molecular formula is C17H21NO. The van der Waals surface area contributed by atoms with Crippen LogP contribution in [0.5, 0.6) is 5.75 Å². The van der Waals surface area contributed by atoms with Crippen molar-refractivity contribution >= 4 is 0 Å². The largest absolute Gasteiger partial charge is 0.496 e. The summed E-state index contributed by atoms with van der Waals surface area (Å²) in [5.41, 5.74) is 3.67. The molecular weight excluding hydrogens is 234 g/mol.